The number of quaternary nitrogens is 1. The van der Waals surface area contributed by atoms with E-state index in [2.05, 4.69) is 25.9 Å². The van der Waals surface area contributed by atoms with E-state index in [1.54, 1.807) is 0 Å². The molecule has 0 aliphatic carbocycles. The first-order valence-electron chi connectivity index (χ1n) is 23.5. The van der Waals surface area contributed by atoms with E-state index >= 15 is 0 Å². The Hall–Kier alpha value is -1.48. The van der Waals surface area contributed by atoms with Crippen LogP contribution in [0.2, 0.25) is 0 Å². The zero-order valence-corrected chi connectivity index (χ0v) is 35.7. The molecule has 4 atom stereocenters. The zero-order valence-electron chi connectivity index (χ0n) is 35.7. The lowest BCUT2D eigenvalue weighted by molar-refractivity contribution is -0.913. The minimum atomic E-state index is -1.24. The molecule has 1 aliphatic rings. The van der Waals surface area contributed by atoms with E-state index in [1.807, 2.05) is 0 Å². The highest BCUT2D eigenvalue weighted by Gasteiger charge is 2.47. The summed E-state index contributed by atoms with van der Waals surface area (Å²) in [6, 6.07) is 1.24. The van der Waals surface area contributed by atoms with E-state index in [0.717, 1.165) is 30.4 Å². The Morgan fingerprint density at radius 2 is 0.889 bits per heavy atom. The fourth-order valence-corrected chi connectivity index (χ4v) is 8.55. The lowest BCUT2D eigenvalue weighted by Gasteiger charge is -2.37. The summed E-state index contributed by atoms with van der Waals surface area (Å²) in [5.74, 6) is 0. The van der Waals surface area contributed by atoms with Crippen molar-refractivity contribution in [3.63, 3.8) is 0 Å². The summed E-state index contributed by atoms with van der Waals surface area (Å²) in [7, 11) is 2.28. The molecule has 0 radical (unpaired) electrons. The van der Waals surface area contributed by atoms with E-state index in [-0.39, 0.29) is 0 Å². The number of aliphatic hydroxyl groups is 2. The second-order valence-corrected chi connectivity index (χ2v) is 17.4. The van der Waals surface area contributed by atoms with Crippen LogP contribution in [0.3, 0.4) is 0 Å². The highest BCUT2D eigenvalue weighted by atomic mass is 16.6. The van der Waals surface area contributed by atoms with Gasteiger partial charge < -0.3 is 19.4 Å². The molecule has 0 spiro atoms. The lowest BCUT2D eigenvalue weighted by atomic mass is 10.0. The van der Waals surface area contributed by atoms with Crippen molar-refractivity contribution in [2.24, 2.45) is 0 Å². The van der Waals surface area contributed by atoms with E-state index in [4.69, 9.17) is 4.74 Å². The third-order valence-corrected chi connectivity index (χ3v) is 12.2. The standard InChI is InChI=1S/C46H87N3O5/c1-4-6-8-10-12-14-16-18-20-22-24-26-28-30-32-34-38-49(3,39-35-33-31-29-27-25-23-21-19-17-15-13-11-9-7-5-2)40-41-43(51)44(52)45(54-41)48-37-36-42(50)47-46(48)53/h36-37,41,43-45,51-52H,4-35,38-40H2,1-3H3/p+1/t41-,43-,44-,45-/m1/s1. The van der Waals surface area contributed by atoms with Crippen molar-refractivity contribution in [3.8, 4) is 0 Å². The van der Waals surface area contributed by atoms with Crippen molar-refractivity contribution in [3.05, 3.63) is 33.1 Å². The van der Waals surface area contributed by atoms with E-state index in [1.165, 1.54) is 209 Å². The molecule has 8 heteroatoms. The van der Waals surface area contributed by atoms with Gasteiger partial charge in [0.05, 0.1) is 20.1 Å². The second-order valence-electron chi connectivity index (χ2n) is 17.4. The van der Waals surface area contributed by atoms with Crippen LogP contribution in [-0.4, -0.2) is 69.2 Å². The topological polar surface area (TPSA) is 105 Å². The van der Waals surface area contributed by atoms with Crippen LogP contribution in [0.5, 0.6) is 0 Å². The van der Waals surface area contributed by atoms with Crippen LogP contribution in [0.15, 0.2) is 21.9 Å². The van der Waals surface area contributed by atoms with Gasteiger partial charge >= 0.3 is 5.69 Å². The van der Waals surface area contributed by atoms with Crippen LogP contribution in [0.1, 0.15) is 226 Å². The summed E-state index contributed by atoms with van der Waals surface area (Å²) in [4.78, 5) is 26.3. The van der Waals surface area contributed by atoms with Crippen LogP contribution in [0.4, 0.5) is 0 Å². The molecule has 2 heterocycles. The Balaban J connectivity index is 1.69. The number of aliphatic hydroxyl groups excluding tert-OH is 2. The summed E-state index contributed by atoms with van der Waals surface area (Å²) in [6.07, 6.45) is 40.7. The van der Waals surface area contributed by atoms with Gasteiger partial charge in [-0.1, -0.05) is 194 Å². The highest BCUT2D eigenvalue weighted by molar-refractivity contribution is 4.93. The number of ether oxygens (including phenoxy) is 1. The number of H-pyrrole nitrogens is 1. The molecule has 0 unspecified atom stereocenters. The van der Waals surface area contributed by atoms with Crippen molar-refractivity contribution in [1.82, 2.24) is 9.55 Å². The normalized spacial score (nSPS) is 18.9. The molecule has 316 valence electrons. The van der Waals surface area contributed by atoms with Crippen LogP contribution in [0, 0.1) is 0 Å². The highest BCUT2D eigenvalue weighted by Crippen LogP contribution is 2.30. The van der Waals surface area contributed by atoms with Crippen molar-refractivity contribution in [1.29, 1.82) is 0 Å². The Morgan fingerprint density at radius 1 is 0.556 bits per heavy atom. The van der Waals surface area contributed by atoms with E-state index in [9.17, 15) is 19.8 Å². The predicted molar refractivity (Wildman–Crippen MR) is 227 cm³/mol. The SMILES string of the molecule is CCCCCCCCCCCCCCCCCC[N+](C)(CCCCCCCCCCCCCCCCCC)C[C@H]1O[C@@H](n2ccc(=O)[nH]c2=O)[C@H](O)[C@@H]1O. The number of likely N-dealkylation sites (N-methyl/N-ethyl adjacent to an activating group) is 1. The van der Waals surface area contributed by atoms with Crippen molar-refractivity contribution in [2.75, 3.05) is 26.7 Å². The second kappa shape index (κ2) is 31.6. The van der Waals surface area contributed by atoms with Gasteiger partial charge in [0.1, 0.15) is 24.9 Å². The Labute approximate surface area is 331 Å². The molecule has 3 N–H and O–H groups in total. The van der Waals surface area contributed by atoms with Gasteiger partial charge in [-0.15, -0.1) is 0 Å². The maximum Gasteiger partial charge on any atom is 0.330 e. The summed E-state index contributed by atoms with van der Waals surface area (Å²) in [5.41, 5.74) is -1.14. The minimum Gasteiger partial charge on any atom is -0.387 e. The first-order valence-corrected chi connectivity index (χ1v) is 23.5. The summed E-state index contributed by atoms with van der Waals surface area (Å²) in [5, 5.41) is 21.9. The average Bonchev–Trinajstić information content (AvgIpc) is 3.42. The zero-order chi connectivity index (χ0) is 39.1. The molecule has 1 aromatic rings. The number of aromatic amines is 1. The number of hydrogen-bond acceptors (Lipinski definition) is 5. The number of nitrogens with one attached hydrogen (secondary N) is 1. The van der Waals surface area contributed by atoms with Crippen molar-refractivity contribution >= 4 is 0 Å². The van der Waals surface area contributed by atoms with Crippen LogP contribution in [-0.2, 0) is 4.74 Å². The Kier molecular flexibility index (Phi) is 28.5. The third-order valence-electron chi connectivity index (χ3n) is 12.2. The maximum atomic E-state index is 12.5. The molecule has 1 fully saturated rings. The van der Waals surface area contributed by atoms with Crippen LogP contribution in [0.25, 0.3) is 0 Å². The smallest absolute Gasteiger partial charge is 0.330 e. The molecular formula is C46H88N3O5+. The van der Waals surface area contributed by atoms with Crippen LogP contribution >= 0.6 is 0 Å². The van der Waals surface area contributed by atoms with Crippen LogP contribution < -0.4 is 11.2 Å². The summed E-state index contributed by atoms with van der Waals surface area (Å²) < 4.78 is 8.16. The number of hydrogen-bond donors (Lipinski definition) is 3. The molecule has 1 aromatic heterocycles. The van der Waals surface area contributed by atoms with Gasteiger partial charge in [0.15, 0.2) is 6.23 Å². The molecule has 8 nitrogen and oxygen atoms in total. The number of aromatic nitrogens is 2. The first kappa shape index (κ1) is 48.7. The molecular weight excluding hydrogens is 675 g/mol. The Bertz CT molecular complexity index is 1090. The Morgan fingerprint density at radius 3 is 1.22 bits per heavy atom. The van der Waals surface area contributed by atoms with Gasteiger partial charge in [-0.05, 0) is 25.7 Å². The molecule has 1 saturated heterocycles. The van der Waals surface area contributed by atoms with Gasteiger partial charge in [-0.25, -0.2) is 4.79 Å². The van der Waals surface area contributed by atoms with Gasteiger partial charge in [-0.2, -0.15) is 0 Å². The molecule has 1 aliphatic heterocycles. The largest absolute Gasteiger partial charge is 0.387 e. The molecule has 0 amide bonds. The van der Waals surface area contributed by atoms with Gasteiger partial charge in [0.25, 0.3) is 5.56 Å². The van der Waals surface area contributed by atoms with E-state index in [0.29, 0.717) is 6.54 Å². The van der Waals surface area contributed by atoms with Gasteiger partial charge in [0.2, 0.25) is 0 Å². The van der Waals surface area contributed by atoms with Gasteiger partial charge in [-0.3, -0.25) is 14.3 Å². The molecule has 0 saturated carbocycles. The third kappa shape index (κ3) is 22.3. The molecule has 0 bridgehead atoms. The minimum absolute atomic E-state index is 0.498. The van der Waals surface area contributed by atoms with Crippen molar-refractivity contribution in [2.45, 2.75) is 244 Å². The number of rotatable bonds is 37. The monoisotopic (exact) mass is 763 g/mol. The lowest BCUT2D eigenvalue weighted by Crippen LogP contribution is -2.52. The van der Waals surface area contributed by atoms with Crippen molar-refractivity contribution < 1.29 is 19.4 Å². The van der Waals surface area contributed by atoms with Gasteiger partial charge in [0, 0.05) is 12.3 Å². The number of unbranched alkanes of at least 4 members (excludes halogenated alkanes) is 30. The average molecular weight is 763 g/mol. The molecule has 0 aromatic carbocycles. The fourth-order valence-electron chi connectivity index (χ4n) is 8.55. The number of nitrogens with zero attached hydrogens (tertiary/aromatic N) is 2. The molecule has 54 heavy (non-hydrogen) atoms. The van der Waals surface area contributed by atoms with E-state index < -0.39 is 35.8 Å². The predicted octanol–water partition coefficient (Wildman–Crippen LogP) is 11.1. The quantitative estimate of drug-likeness (QED) is 0.0462. The fraction of sp³-hybridized carbons (Fsp3) is 0.913. The first-order chi connectivity index (χ1) is 26.3. The summed E-state index contributed by atoms with van der Waals surface area (Å²) >= 11 is 0. The molecule has 2 rings (SSSR count). The summed E-state index contributed by atoms with van der Waals surface area (Å²) in [6.45, 7) is 7.19. The maximum absolute atomic E-state index is 12.5.